The van der Waals surface area contributed by atoms with Crippen molar-refractivity contribution in [1.29, 1.82) is 0 Å². The Labute approximate surface area is 329 Å². The lowest BCUT2D eigenvalue weighted by molar-refractivity contribution is 0.0268. The van der Waals surface area contributed by atoms with Crippen molar-refractivity contribution in [3.63, 3.8) is 0 Å². The van der Waals surface area contributed by atoms with Crippen LogP contribution in [0.15, 0.2) is 0 Å². The van der Waals surface area contributed by atoms with E-state index in [1.54, 1.807) is 0 Å². The fraction of sp³-hybridized carbons (Fsp3) is 1.00. The predicted molar refractivity (Wildman–Crippen MR) is 232 cm³/mol. The smallest absolute Gasteiger partial charge is 0.0593 e. The predicted octanol–water partition coefficient (Wildman–Crippen LogP) is 14.6. The van der Waals surface area contributed by atoms with Crippen LogP contribution in [0.2, 0.25) is 0 Å². The van der Waals surface area contributed by atoms with Crippen LogP contribution < -0.4 is 0 Å². The van der Waals surface area contributed by atoms with Gasteiger partial charge in [0.25, 0.3) is 0 Å². The zero-order valence-electron chi connectivity index (χ0n) is 37.5. The summed E-state index contributed by atoms with van der Waals surface area (Å²) in [6, 6.07) is 0. The summed E-state index contributed by atoms with van der Waals surface area (Å²) in [5.41, 5.74) is 0. The number of hydrogen-bond donors (Lipinski definition) is 0. The van der Waals surface area contributed by atoms with Crippen molar-refractivity contribution >= 4 is 0 Å². The van der Waals surface area contributed by atoms with E-state index in [4.69, 9.17) is 14.2 Å². The Morgan fingerprint density at radius 1 is 0.346 bits per heavy atom. The zero-order valence-corrected chi connectivity index (χ0v) is 37.5. The molecular formula is C48H99NO3. The van der Waals surface area contributed by atoms with Crippen LogP contribution in [0.5, 0.6) is 0 Å². The largest absolute Gasteiger partial charge is 0.380 e. The Morgan fingerprint density at radius 2 is 0.596 bits per heavy atom. The second-order valence-electron chi connectivity index (χ2n) is 18.2. The number of unbranched alkanes of at least 4 members (excludes halogenated alkanes) is 15. The number of rotatable bonds is 42. The molecule has 0 aromatic rings. The Bertz CT molecular complexity index is 592. The Morgan fingerprint density at radius 3 is 0.846 bits per heavy atom. The van der Waals surface area contributed by atoms with E-state index in [1.807, 2.05) is 0 Å². The van der Waals surface area contributed by atoms with Gasteiger partial charge in [0.05, 0.1) is 19.8 Å². The van der Waals surface area contributed by atoms with Gasteiger partial charge in [-0.05, 0) is 74.0 Å². The van der Waals surface area contributed by atoms with E-state index in [0.29, 0.717) is 17.8 Å². The number of ether oxygens (including phenoxy) is 3. The molecule has 0 heterocycles. The fourth-order valence-corrected chi connectivity index (χ4v) is 8.11. The molecule has 0 bridgehead atoms. The van der Waals surface area contributed by atoms with E-state index in [-0.39, 0.29) is 0 Å². The fourth-order valence-electron chi connectivity index (χ4n) is 8.11. The van der Waals surface area contributed by atoms with Crippen molar-refractivity contribution in [1.82, 2.24) is 4.90 Å². The van der Waals surface area contributed by atoms with Crippen molar-refractivity contribution in [2.24, 2.45) is 35.5 Å². The van der Waals surface area contributed by atoms with Gasteiger partial charge in [-0.3, -0.25) is 4.90 Å². The molecule has 0 radical (unpaired) electrons. The summed E-state index contributed by atoms with van der Waals surface area (Å²) in [6.07, 6.45) is 32.6. The van der Waals surface area contributed by atoms with E-state index in [0.717, 1.165) is 77.0 Å². The standard InChI is InChI=1S/C48H99NO3/c1-10-13-16-19-22-25-28-46(37-43(4)5)40-50-34-31-49(32-35-51-41-47(38-44(6)7)29-26-23-20-17-14-11-2)33-36-52-42-48(39-45(8)9)30-27-24-21-18-15-12-3/h43-48H,10-42H2,1-9H3. The van der Waals surface area contributed by atoms with Gasteiger partial charge in [0.2, 0.25) is 0 Å². The molecule has 0 amide bonds. The molecule has 0 fully saturated rings. The molecule has 3 unspecified atom stereocenters. The van der Waals surface area contributed by atoms with Crippen LogP contribution in [-0.4, -0.2) is 64.2 Å². The third-order valence-electron chi connectivity index (χ3n) is 11.0. The van der Waals surface area contributed by atoms with Gasteiger partial charge in [0, 0.05) is 39.5 Å². The van der Waals surface area contributed by atoms with Crippen molar-refractivity contribution in [3.8, 4) is 0 Å². The summed E-state index contributed by atoms with van der Waals surface area (Å²) in [5.74, 6) is 4.29. The SMILES string of the molecule is CCCCCCCCC(COCCN(CCOCC(CCCCCCCC)CC(C)C)CCOCC(CCCCCCCC)CC(C)C)CC(C)C. The average molecular weight is 738 g/mol. The summed E-state index contributed by atoms with van der Waals surface area (Å²) >= 11 is 0. The van der Waals surface area contributed by atoms with E-state index < -0.39 is 0 Å². The van der Waals surface area contributed by atoms with E-state index in [1.165, 1.54) is 154 Å². The molecule has 0 rings (SSSR count). The Hall–Kier alpha value is -0.160. The highest BCUT2D eigenvalue weighted by atomic mass is 16.5. The molecule has 0 aliphatic rings. The molecule has 4 nitrogen and oxygen atoms in total. The van der Waals surface area contributed by atoms with E-state index >= 15 is 0 Å². The molecular weight excluding hydrogens is 639 g/mol. The molecule has 0 aromatic carbocycles. The molecule has 0 saturated heterocycles. The monoisotopic (exact) mass is 738 g/mol. The van der Waals surface area contributed by atoms with Crippen LogP contribution in [0, 0.1) is 35.5 Å². The first-order valence-corrected chi connectivity index (χ1v) is 23.7. The van der Waals surface area contributed by atoms with Crippen molar-refractivity contribution in [2.45, 2.75) is 216 Å². The van der Waals surface area contributed by atoms with Crippen molar-refractivity contribution < 1.29 is 14.2 Å². The maximum Gasteiger partial charge on any atom is 0.0593 e. The second-order valence-corrected chi connectivity index (χ2v) is 18.2. The summed E-state index contributed by atoms with van der Waals surface area (Å²) < 4.78 is 19.3. The molecule has 314 valence electrons. The Kier molecular flexibility index (Phi) is 39.0. The van der Waals surface area contributed by atoms with Gasteiger partial charge in [-0.25, -0.2) is 0 Å². The molecule has 0 N–H and O–H groups in total. The van der Waals surface area contributed by atoms with Crippen LogP contribution in [-0.2, 0) is 14.2 Å². The Balaban J connectivity index is 4.98. The summed E-state index contributed by atoms with van der Waals surface area (Å²) in [7, 11) is 0. The van der Waals surface area contributed by atoms with Gasteiger partial charge < -0.3 is 14.2 Å². The number of nitrogens with zero attached hydrogens (tertiary/aromatic N) is 1. The minimum absolute atomic E-state index is 0.695. The lowest BCUT2D eigenvalue weighted by Gasteiger charge is -2.25. The van der Waals surface area contributed by atoms with Gasteiger partial charge >= 0.3 is 0 Å². The minimum Gasteiger partial charge on any atom is -0.380 e. The zero-order chi connectivity index (χ0) is 38.5. The quantitative estimate of drug-likeness (QED) is 0.0584. The van der Waals surface area contributed by atoms with Gasteiger partial charge in [-0.2, -0.15) is 0 Å². The normalized spacial score (nSPS) is 14.0. The average Bonchev–Trinajstić information content (AvgIpc) is 3.09. The third kappa shape index (κ3) is 36.8. The first-order valence-electron chi connectivity index (χ1n) is 23.7. The summed E-state index contributed by atoms with van der Waals surface area (Å²) in [4.78, 5) is 2.56. The first kappa shape index (κ1) is 51.8. The van der Waals surface area contributed by atoms with Gasteiger partial charge in [0.15, 0.2) is 0 Å². The van der Waals surface area contributed by atoms with Crippen molar-refractivity contribution in [3.05, 3.63) is 0 Å². The van der Waals surface area contributed by atoms with E-state index in [9.17, 15) is 0 Å². The first-order chi connectivity index (χ1) is 25.2. The van der Waals surface area contributed by atoms with Crippen LogP contribution in [0.1, 0.15) is 216 Å². The van der Waals surface area contributed by atoms with Crippen LogP contribution in [0.25, 0.3) is 0 Å². The molecule has 4 heteroatoms. The molecule has 0 aliphatic heterocycles. The van der Waals surface area contributed by atoms with Gasteiger partial charge in [0.1, 0.15) is 0 Å². The highest BCUT2D eigenvalue weighted by molar-refractivity contribution is 4.66. The van der Waals surface area contributed by atoms with Crippen molar-refractivity contribution in [2.75, 3.05) is 59.3 Å². The molecule has 0 aliphatic carbocycles. The maximum absolute atomic E-state index is 6.43. The topological polar surface area (TPSA) is 30.9 Å². The third-order valence-corrected chi connectivity index (χ3v) is 11.0. The van der Waals surface area contributed by atoms with Gasteiger partial charge in [-0.1, -0.05) is 178 Å². The maximum atomic E-state index is 6.43. The molecule has 0 saturated carbocycles. The van der Waals surface area contributed by atoms with Crippen LogP contribution in [0.4, 0.5) is 0 Å². The van der Waals surface area contributed by atoms with Crippen LogP contribution in [0.3, 0.4) is 0 Å². The lowest BCUT2D eigenvalue weighted by atomic mass is 9.92. The van der Waals surface area contributed by atoms with E-state index in [2.05, 4.69) is 67.2 Å². The minimum atomic E-state index is 0.695. The lowest BCUT2D eigenvalue weighted by Crippen LogP contribution is -2.35. The number of hydrogen-bond acceptors (Lipinski definition) is 4. The van der Waals surface area contributed by atoms with Gasteiger partial charge in [-0.15, -0.1) is 0 Å². The summed E-state index contributed by atoms with van der Waals surface area (Å²) in [6.45, 7) is 29.2. The second kappa shape index (κ2) is 39.1. The highest BCUT2D eigenvalue weighted by Gasteiger charge is 2.15. The molecule has 3 atom stereocenters. The summed E-state index contributed by atoms with van der Waals surface area (Å²) in [5, 5.41) is 0. The molecule has 0 aromatic heterocycles. The molecule has 52 heavy (non-hydrogen) atoms. The molecule has 0 spiro atoms. The highest BCUT2D eigenvalue weighted by Crippen LogP contribution is 2.22. The van der Waals surface area contributed by atoms with Crippen LogP contribution >= 0.6 is 0 Å².